The van der Waals surface area contributed by atoms with Crippen molar-refractivity contribution in [3.63, 3.8) is 0 Å². The van der Waals surface area contributed by atoms with Crippen LogP contribution in [0.5, 0.6) is 0 Å². The summed E-state index contributed by atoms with van der Waals surface area (Å²) in [7, 11) is 0. The lowest BCUT2D eigenvalue weighted by molar-refractivity contribution is -0.148. The summed E-state index contributed by atoms with van der Waals surface area (Å²) in [6, 6.07) is 27.8. The van der Waals surface area contributed by atoms with Crippen molar-refractivity contribution in [2.75, 3.05) is 0 Å². The fourth-order valence-electron chi connectivity index (χ4n) is 6.07. The summed E-state index contributed by atoms with van der Waals surface area (Å²) >= 11 is 0. The van der Waals surface area contributed by atoms with Crippen LogP contribution in [0.1, 0.15) is 49.1 Å². The zero-order chi connectivity index (χ0) is 39.2. The third-order valence-corrected chi connectivity index (χ3v) is 8.81. The van der Waals surface area contributed by atoms with E-state index >= 15 is 0 Å². The van der Waals surface area contributed by atoms with Crippen molar-refractivity contribution in [3.8, 4) is 0 Å². The molecule has 0 unspecified atom stereocenters. The van der Waals surface area contributed by atoms with Gasteiger partial charge in [0.2, 0.25) is 11.8 Å². The van der Waals surface area contributed by atoms with Crippen LogP contribution >= 0.6 is 0 Å². The number of nitrogens with one attached hydrogen (secondary N) is 4. The Labute approximate surface area is 316 Å². The molecule has 1 heterocycles. The quantitative estimate of drug-likeness (QED) is 0.0770. The summed E-state index contributed by atoms with van der Waals surface area (Å²) in [5.74, 6) is -2.03. The van der Waals surface area contributed by atoms with E-state index in [4.69, 9.17) is 10.9 Å². The first-order chi connectivity index (χ1) is 26.6. The molecule has 0 bridgehead atoms. The predicted octanol–water partition coefficient (Wildman–Crippen LogP) is 5.15. The van der Waals surface area contributed by atoms with Gasteiger partial charge in [-0.05, 0) is 39.8 Å². The summed E-state index contributed by atoms with van der Waals surface area (Å²) in [4.78, 5) is 61.4. The maximum Gasteiger partial charge on any atom is 0.408 e. The van der Waals surface area contributed by atoms with Gasteiger partial charge in [0.25, 0.3) is 0 Å². The molecule has 0 fully saturated rings. The molecule has 282 valence electrons. The number of nitrogens with zero attached hydrogens (tertiary/aromatic N) is 1. The summed E-state index contributed by atoms with van der Waals surface area (Å²) < 4.78 is 19.7. The number of aliphatic hydroxyl groups is 1. The molecular formula is C42H47N5O7. The molecule has 5 aromatic rings. The van der Waals surface area contributed by atoms with Gasteiger partial charge < -0.3 is 35.5 Å². The van der Waals surface area contributed by atoms with Crippen LogP contribution in [0.15, 0.2) is 116 Å². The topological polar surface area (TPSA) is 172 Å². The number of hydrogen-bond donors (Lipinski definition) is 5. The van der Waals surface area contributed by atoms with Crippen LogP contribution in [-0.2, 0) is 49.9 Å². The first kappa shape index (κ1) is 37.7. The third kappa shape index (κ3) is 12.0. The molecule has 5 rings (SSSR count). The number of carbonyl (C=O) groups is 4. The molecule has 5 N–H and O–H groups in total. The molecule has 0 saturated carbocycles. The summed E-state index contributed by atoms with van der Waals surface area (Å²) in [5.41, 5.74) is 2.74. The fourth-order valence-corrected chi connectivity index (χ4v) is 6.07. The van der Waals surface area contributed by atoms with Crippen LogP contribution in [0.25, 0.3) is 10.8 Å². The van der Waals surface area contributed by atoms with Crippen LogP contribution in [0, 0.1) is 5.92 Å². The monoisotopic (exact) mass is 734 g/mol. The molecule has 4 aromatic carbocycles. The van der Waals surface area contributed by atoms with Crippen molar-refractivity contribution in [1.82, 2.24) is 25.9 Å². The number of benzene rings is 4. The van der Waals surface area contributed by atoms with Crippen LogP contribution < -0.4 is 15.9 Å². The van der Waals surface area contributed by atoms with E-state index in [2.05, 4.69) is 20.6 Å². The number of aromatic amines is 1. The van der Waals surface area contributed by atoms with E-state index in [0.717, 1.165) is 16.3 Å². The van der Waals surface area contributed by atoms with Gasteiger partial charge in [-0.25, -0.2) is 9.78 Å². The van der Waals surface area contributed by atoms with Gasteiger partial charge in [-0.15, -0.1) is 0 Å². The first-order valence-corrected chi connectivity index (χ1v) is 18.0. The number of ether oxygens (including phenoxy) is 2. The molecule has 1 aromatic heterocycles. The number of H-pyrrole nitrogens is 1. The van der Waals surface area contributed by atoms with Gasteiger partial charge in [-0.3, -0.25) is 14.4 Å². The van der Waals surface area contributed by atoms with Crippen LogP contribution in [0.2, 0.25) is 1.41 Å². The second-order valence-electron chi connectivity index (χ2n) is 13.5. The summed E-state index contributed by atoms with van der Waals surface area (Å²) in [6.45, 7) is 3.77. The van der Waals surface area contributed by atoms with Crippen molar-refractivity contribution < 1.29 is 35.2 Å². The van der Waals surface area contributed by atoms with E-state index in [9.17, 15) is 24.3 Å². The molecule has 0 saturated heterocycles. The standard InChI is InChI=1S/C42H47N5O7/c1-28(2)20-35(38(48)23-39(49)53-25-29-12-5-3-6-13-29)45-41(51)37(22-33-24-43-27-44-33)46-40(50)36(47-42(52)54-26-30-14-7-4-8-15-30)21-32-18-11-17-31-16-9-10-19-34(31)32/h3-19,24,27-28,35-38,48H,20-23,25-26H2,1-2H3,(H,43,44)(H,45,51)(H,46,50)(H,47,52)/t35-,36+,37-,38-/m0/s1/i/hD. The Bertz CT molecular complexity index is 1990. The fraction of sp³-hybridized carbons (Fsp3) is 0.310. The average molecular weight is 735 g/mol. The molecule has 54 heavy (non-hydrogen) atoms. The Morgan fingerprint density at radius 1 is 0.778 bits per heavy atom. The van der Waals surface area contributed by atoms with Crippen LogP contribution in [0.3, 0.4) is 0 Å². The highest BCUT2D eigenvalue weighted by Crippen LogP contribution is 2.20. The normalized spacial score (nSPS) is 13.6. The van der Waals surface area contributed by atoms with E-state index in [-0.39, 0.29) is 38.4 Å². The van der Waals surface area contributed by atoms with Crippen molar-refractivity contribution in [2.24, 2.45) is 5.92 Å². The zero-order valence-electron chi connectivity index (χ0n) is 31.4. The first-order valence-electron chi connectivity index (χ1n) is 18.4. The lowest BCUT2D eigenvalue weighted by Crippen LogP contribution is -2.57. The molecule has 0 spiro atoms. The number of carbonyl (C=O) groups excluding carboxylic acids is 4. The van der Waals surface area contributed by atoms with Crippen molar-refractivity contribution in [2.45, 2.75) is 77.0 Å². The van der Waals surface area contributed by atoms with E-state index in [1.165, 1.54) is 12.5 Å². The molecule has 0 aliphatic rings. The Morgan fingerprint density at radius 2 is 1.41 bits per heavy atom. The third-order valence-electron chi connectivity index (χ3n) is 8.81. The minimum absolute atomic E-state index is 0.0183. The van der Waals surface area contributed by atoms with Gasteiger partial charge in [-0.2, -0.15) is 0 Å². The van der Waals surface area contributed by atoms with Crippen molar-refractivity contribution >= 4 is 34.6 Å². The van der Waals surface area contributed by atoms with Crippen LogP contribution in [0.4, 0.5) is 4.79 Å². The van der Waals surface area contributed by atoms with E-state index in [1.807, 2.05) is 92.7 Å². The molecule has 12 heteroatoms. The Hall–Kier alpha value is -6.01. The van der Waals surface area contributed by atoms with Gasteiger partial charge in [0, 0.05) is 24.7 Å². The zero-order valence-corrected chi connectivity index (χ0v) is 30.4. The summed E-state index contributed by atoms with van der Waals surface area (Å²) in [5, 5.41) is 19.1. The maximum atomic E-state index is 14.3. The Kier molecular flexibility index (Phi) is 13.8. The average Bonchev–Trinajstić information content (AvgIpc) is 3.71. The van der Waals surface area contributed by atoms with Gasteiger partial charge in [0.05, 0.1) is 24.9 Å². The Balaban J connectivity index is 1.35. The lowest BCUT2D eigenvalue weighted by atomic mass is 9.96. The van der Waals surface area contributed by atoms with Gasteiger partial charge in [0.1, 0.15) is 25.3 Å². The minimum Gasteiger partial charge on any atom is -0.461 e. The van der Waals surface area contributed by atoms with E-state index in [0.29, 0.717) is 28.6 Å². The smallest absolute Gasteiger partial charge is 0.408 e. The molecule has 0 aliphatic heterocycles. The van der Waals surface area contributed by atoms with E-state index in [1.54, 1.807) is 24.3 Å². The van der Waals surface area contributed by atoms with Crippen LogP contribution in [-0.4, -0.2) is 63.2 Å². The molecule has 0 radical (unpaired) electrons. The number of aromatic nitrogens is 2. The van der Waals surface area contributed by atoms with Gasteiger partial charge in [-0.1, -0.05) is 117 Å². The number of imidazole rings is 1. The second kappa shape index (κ2) is 19.7. The van der Waals surface area contributed by atoms with E-state index < -0.39 is 48.1 Å². The maximum absolute atomic E-state index is 14.3. The summed E-state index contributed by atoms with van der Waals surface area (Å²) in [6.07, 6.45) is 0.485. The SMILES string of the molecule is [2H]N(C(=O)OCc1ccccc1)[C@H](Cc1cccc2ccccc12)C(=O)N[C@@H](Cc1cnc[nH]1)C(=O)N[C@@H](CC(C)C)[C@@H](O)CC(=O)OCc1ccccc1. The van der Waals surface area contributed by atoms with Gasteiger partial charge in [0.15, 0.2) is 1.41 Å². The van der Waals surface area contributed by atoms with Gasteiger partial charge >= 0.3 is 12.1 Å². The minimum atomic E-state index is -1.41. The van der Waals surface area contributed by atoms with Crippen molar-refractivity contribution in [3.05, 3.63) is 138 Å². The number of alkyl carbamates (subject to hydrolysis) is 1. The number of esters is 1. The number of fused-ring (bicyclic) bond motifs is 1. The Morgan fingerprint density at radius 3 is 2.07 bits per heavy atom. The molecule has 12 nitrogen and oxygen atoms in total. The van der Waals surface area contributed by atoms with Crippen molar-refractivity contribution in [1.29, 1.82) is 0 Å². The molecule has 0 aliphatic carbocycles. The highest BCUT2D eigenvalue weighted by atomic mass is 16.5. The number of aliphatic hydroxyl groups excluding tert-OH is 1. The lowest BCUT2D eigenvalue weighted by Gasteiger charge is -2.28. The predicted molar refractivity (Wildman–Crippen MR) is 204 cm³/mol. The number of hydrogen-bond acceptors (Lipinski definition) is 8. The number of amides is 3. The molecular weight excluding hydrogens is 686 g/mol. The highest BCUT2D eigenvalue weighted by Gasteiger charge is 2.32. The molecule has 4 atom stereocenters. The highest BCUT2D eigenvalue weighted by molar-refractivity contribution is 5.93. The largest absolute Gasteiger partial charge is 0.461 e. The molecule has 3 amide bonds. The second-order valence-corrected chi connectivity index (χ2v) is 13.5. The number of rotatable bonds is 18.